The number of hydrogen-bond acceptors (Lipinski definition) is 3. The zero-order valence-corrected chi connectivity index (χ0v) is 19.4. The average Bonchev–Trinajstić information content (AvgIpc) is 3.63. The van der Waals surface area contributed by atoms with Gasteiger partial charge in [-0.3, -0.25) is 4.79 Å². The smallest absolute Gasteiger partial charge is 0.310 e. The van der Waals surface area contributed by atoms with E-state index in [4.69, 9.17) is 0 Å². The highest BCUT2D eigenvalue weighted by Crippen LogP contribution is 2.45. The van der Waals surface area contributed by atoms with Gasteiger partial charge in [0.15, 0.2) is 0 Å². The van der Waals surface area contributed by atoms with Crippen molar-refractivity contribution in [1.82, 2.24) is 10.6 Å². The molecule has 0 amide bonds. The molecule has 168 valence electrons. The Morgan fingerprint density at radius 2 is 1.73 bits per heavy atom. The molecule has 1 aromatic carbocycles. The van der Waals surface area contributed by atoms with Crippen LogP contribution in [-0.2, 0) is 4.79 Å². The van der Waals surface area contributed by atoms with Crippen molar-refractivity contribution in [2.24, 2.45) is 11.3 Å². The predicted octanol–water partition coefficient (Wildman–Crippen LogP) is 5.07. The highest BCUT2D eigenvalue weighted by Gasteiger charge is 2.50. The average molecular weight is 455 g/mol. The van der Waals surface area contributed by atoms with E-state index in [1.54, 1.807) is 5.57 Å². The molecule has 3 aliphatic rings. The molecule has 6 heteroatoms. The highest BCUT2D eigenvalue weighted by atomic mass is 35.5. The monoisotopic (exact) mass is 454 g/mol. The summed E-state index contributed by atoms with van der Waals surface area (Å²) < 4.78 is 0. The van der Waals surface area contributed by atoms with Crippen molar-refractivity contribution in [2.75, 3.05) is 6.54 Å². The molecule has 30 heavy (non-hydrogen) atoms. The quantitative estimate of drug-likeness (QED) is 0.487. The lowest BCUT2D eigenvalue weighted by atomic mass is 9.90. The summed E-state index contributed by atoms with van der Waals surface area (Å²) in [6.07, 6.45) is 11.2. The number of nitrogens with one attached hydrogen (secondary N) is 2. The first-order valence-corrected chi connectivity index (χ1v) is 11.1. The number of carbonyl (C=O) groups is 1. The minimum Gasteiger partial charge on any atom is -0.481 e. The van der Waals surface area contributed by atoms with Gasteiger partial charge in [0, 0.05) is 24.7 Å². The molecule has 4 nitrogen and oxygen atoms in total. The minimum atomic E-state index is -0.620. The third-order valence-electron chi connectivity index (χ3n) is 7.04. The Kier molecular flexibility index (Phi) is 9.23. The predicted molar refractivity (Wildman–Crippen MR) is 128 cm³/mol. The van der Waals surface area contributed by atoms with E-state index in [1.807, 2.05) is 0 Å². The number of benzene rings is 1. The molecule has 4 rings (SSSR count). The lowest BCUT2D eigenvalue weighted by molar-refractivity contribution is -0.143. The molecule has 0 saturated heterocycles. The largest absolute Gasteiger partial charge is 0.481 e. The normalized spacial score (nSPS) is 29.3. The summed E-state index contributed by atoms with van der Waals surface area (Å²) in [5.74, 6) is 0.0803. The molecule has 0 aliphatic heterocycles. The Morgan fingerprint density at radius 1 is 1.10 bits per heavy atom. The van der Waals surface area contributed by atoms with Gasteiger partial charge >= 0.3 is 5.97 Å². The summed E-state index contributed by atoms with van der Waals surface area (Å²) in [5.41, 5.74) is 2.44. The van der Waals surface area contributed by atoms with Crippen LogP contribution in [0, 0.1) is 11.3 Å². The fourth-order valence-corrected chi connectivity index (χ4v) is 4.75. The maximum atomic E-state index is 11.3. The molecule has 3 aliphatic carbocycles. The zero-order chi connectivity index (χ0) is 19.6. The van der Waals surface area contributed by atoms with E-state index in [-0.39, 0.29) is 24.8 Å². The number of halogens is 2. The Bertz CT molecular complexity index is 713. The fraction of sp³-hybridized carbons (Fsp3) is 0.625. The maximum Gasteiger partial charge on any atom is 0.310 e. The summed E-state index contributed by atoms with van der Waals surface area (Å²) >= 11 is 0. The van der Waals surface area contributed by atoms with Gasteiger partial charge in [-0.2, -0.15) is 0 Å². The van der Waals surface area contributed by atoms with Gasteiger partial charge in [0.2, 0.25) is 0 Å². The van der Waals surface area contributed by atoms with Crippen LogP contribution in [-0.4, -0.2) is 35.7 Å². The van der Waals surface area contributed by atoms with Crippen molar-refractivity contribution in [3.63, 3.8) is 0 Å². The van der Waals surface area contributed by atoms with Crippen molar-refractivity contribution in [1.29, 1.82) is 0 Å². The second-order valence-corrected chi connectivity index (χ2v) is 9.11. The first-order valence-electron chi connectivity index (χ1n) is 11.1. The van der Waals surface area contributed by atoms with E-state index in [1.165, 1.54) is 24.8 Å². The Hall–Kier alpha value is -1.07. The molecule has 3 fully saturated rings. The topological polar surface area (TPSA) is 61.4 Å². The lowest BCUT2D eigenvalue weighted by Crippen LogP contribution is -2.43. The van der Waals surface area contributed by atoms with Gasteiger partial charge in [-0.25, -0.2) is 0 Å². The van der Waals surface area contributed by atoms with Gasteiger partial charge in [-0.05, 0) is 62.8 Å². The summed E-state index contributed by atoms with van der Waals surface area (Å²) in [7, 11) is 0. The molecule has 0 aromatic heterocycles. The maximum absolute atomic E-state index is 11.3. The van der Waals surface area contributed by atoms with Crippen LogP contribution in [0.2, 0.25) is 0 Å². The van der Waals surface area contributed by atoms with Crippen LogP contribution in [0.15, 0.2) is 35.9 Å². The molecule has 1 aromatic rings. The third-order valence-corrected chi connectivity index (χ3v) is 7.04. The van der Waals surface area contributed by atoms with Gasteiger partial charge in [0.05, 0.1) is 5.41 Å². The van der Waals surface area contributed by atoms with Crippen LogP contribution in [0.4, 0.5) is 0 Å². The molecule has 3 saturated carbocycles. The van der Waals surface area contributed by atoms with Crippen LogP contribution < -0.4 is 10.6 Å². The van der Waals surface area contributed by atoms with E-state index < -0.39 is 11.4 Å². The fourth-order valence-electron chi connectivity index (χ4n) is 4.75. The van der Waals surface area contributed by atoms with E-state index >= 15 is 0 Å². The van der Waals surface area contributed by atoms with Crippen LogP contribution in [0.25, 0.3) is 6.08 Å². The van der Waals surface area contributed by atoms with Gasteiger partial charge < -0.3 is 15.7 Å². The molecule has 0 radical (unpaired) electrons. The first kappa shape index (κ1) is 25.2. The molecule has 0 heterocycles. The molecular formula is C24H36Cl2N2O2. The van der Waals surface area contributed by atoms with Gasteiger partial charge in [0.25, 0.3) is 0 Å². The van der Waals surface area contributed by atoms with E-state index in [2.05, 4.69) is 54.0 Å². The summed E-state index contributed by atoms with van der Waals surface area (Å²) in [4.78, 5) is 11.3. The van der Waals surface area contributed by atoms with Gasteiger partial charge in [-0.15, -0.1) is 24.8 Å². The molecule has 0 spiro atoms. The van der Waals surface area contributed by atoms with E-state index in [9.17, 15) is 9.90 Å². The Balaban J connectivity index is 0.00000160. The zero-order valence-electron chi connectivity index (χ0n) is 17.8. The van der Waals surface area contributed by atoms with Crippen molar-refractivity contribution >= 4 is 36.9 Å². The number of carboxylic acid groups (broad SMARTS) is 1. The minimum absolute atomic E-state index is 0. The molecule has 2 atom stereocenters. The van der Waals surface area contributed by atoms with Crippen molar-refractivity contribution < 1.29 is 9.90 Å². The summed E-state index contributed by atoms with van der Waals surface area (Å²) in [5, 5.41) is 16.8. The third kappa shape index (κ3) is 6.23. The summed E-state index contributed by atoms with van der Waals surface area (Å²) in [6, 6.07) is 12.4. The second kappa shape index (κ2) is 11.0. The second-order valence-electron chi connectivity index (χ2n) is 9.11. The van der Waals surface area contributed by atoms with Crippen molar-refractivity contribution in [2.45, 2.75) is 76.4 Å². The molecular weight excluding hydrogens is 419 g/mol. The number of carboxylic acids is 1. The van der Waals surface area contributed by atoms with Gasteiger partial charge in [0.1, 0.15) is 0 Å². The number of rotatable bonds is 9. The number of aliphatic carboxylic acids is 1. The van der Waals surface area contributed by atoms with Crippen LogP contribution in [0.1, 0.15) is 63.9 Å². The number of hydrogen-bond donors (Lipinski definition) is 3. The van der Waals surface area contributed by atoms with E-state index in [0.29, 0.717) is 30.6 Å². The standard InChI is InChI=1S/C24H34N2O2.2ClH/c1-2-18(14-17-6-4-3-5-7-17)21-15-22(21)26-20-10-8-19(9-11-20)25-16-24(12-13-24)23(27)28;;/h3-7,14,19-22,25-26H,2,8-13,15-16H2,1H3,(H,27,28);2*1H/b18-14+;;/t19-,20-,21?,22?;;. The molecule has 3 N–H and O–H groups in total. The van der Waals surface area contributed by atoms with Crippen molar-refractivity contribution in [3.05, 3.63) is 41.5 Å². The summed E-state index contributed by atoms with van der Waals surface area (Å²) in [6.45, 7) is 2.92. The SMILES string of the molecule is CC/C(=C\c1ccccc1)C1CC1N[C@H]1CC[C@H](NCC2(C(=O)O)CC2)CC1.Cl.Cl. The van der Waals surface area contributed by atoms with Crippen LogP contribution in [0.5, 0.6) is 0 Å². The lowest BCUT2D eigenvalue weighted by Gasteiger charge is -2.31. The first-order chi connectivity index (χ1) is 13.6. The van der Waals surface area contributed by atoms with Crippen LogP contribution in [0.3, 0.4) is 0 Å². The van der Waals surface area contributed by atoms with Gasteiger partial charge in [-0.1, -0.05) is 48.9 Å². The van der Waals surface area contributed by atoms with E-state index in [0.717, 1.165) is 32.1 Å². The van der Waals surface area contributed by atoms with Crippen LogP contribution >= 0.6 is 24.8 Å². The highest BCUT2D eigenvalue weighted by molar-refractivity contribution is 5.85. The Labute approximate surface area is 193 Å². The van der Waals surface area contributed by atoms with Crippen molar-refractivity contribution in [3.8, 4) is 0 Å². The Morgan fingerprint density at radius 3 is 2.30 bits per heavy atom. The molecule has 2 unspecified atom stereocenters. The molecule has 0 bridgehead atoms.